The highest BCUT2D eigenvalue weighted by molar-refractivity contribution is 5.79. The normalized spacial score (nSPS) is 15.2. The summed E-state index contributed by atoms with van der Waals surface area (Å²) in [5, 5.41) is 6.66. The maximum Gasteiger partial charge on any atom is 0.191 e. The summed E-state index contributed by atoms with van der Waals surface area (Å²) in [5.41, 5.74) is 2.27. The molecule has 2 N–H and O–H groups in total. The van der Waals surface area contributed by atoms with Gasteiger partial charge in [0.1, 0.15) is 12.4 Å². The summed E-state index contributed by atoms with van der Waals surface area (Å²) >= 11 is 0. The Bertz CT molecular complexity index is 730. The predicted octanol–water partition coefficient (Wildman–Crippen LogP) is 2.23. The molecule has 0 unspecified atom stereocenters. The fourth-order valence-electron chi connectivity index (χ4n) is 3.16. The number of hydrogen-bond acceptors (Lipinski definition) is 4. The molecule has 6 heteroatoms. The zero-order chi connectivity index (χ0) is 19.4. The maximum absolute atomic E-state index is 6.02. The second-order valence-corrected chi connectivity index (χ2v) is 6.59. The van der Waals surface area contributed by atoms with E-state index in [-0.39, 0.29) is 0 Å². The molecular weight excluding hydrogens is 352 g/mol. The van der Waals surface area contributed by atoms with Crippen LogP contribution >= 0.6 is 0 Å². The number of ether oxygens (including phenoxy) is 2. The number of nitrogens with zero attached hydrogens (tertiary/aromatic N) is 2. The first-order valence-electron chi connectivity index (χ1n) is 9.88. The molecule has 2 aromatic rings. The lowest BCUT2D eigenvalue weighted by molar-refractivity contribution is 0.0389. The van der Waals surface area contributed by atoms with Gasteiger partial charge in [-0.05, 0) is 11.6 Å². The molecule has 0 atom stereocenters. The van der Waals surface area contributed by atoms with Crippen molar-refractivity contribution in [1.82, 2.24) is 15.5 Å². The Morgan fingerprint density at radius 2 is 1.71 bits per heavy atom. The molecule has 0 radical (unpaired) electrons. The standard InChI is InChI=1S/C22H30N4O2/c1-23-22(24-11-13-26-14-17-27-18-15-26)25-12-16-28-21-10-6-5-9-20(21)19-7-3-2-4-8-19/h2-10H,11-18H2,1H3,(H2,23,24,25). The molecule has 1 saturated heterocycles. The quantitative estimate of drug-likeness (QED) is 0.417. The Morgan fingerprint density at radius 1 is 1.00 bits per heavy atom. The summed E-state index contributed by atoms with van der Waals surface area (Å²) in [6.07, 6.45) is 0. The minimum absolute atomic E-state index is 0.564. The van der Waals surface area contributed by atoms with Crippen LogP contribution in [0.15, 0.2) is 59.6 Å². The second-order valence-electron chi connectivity index (χ2n) is 6.59. The number of benzene rings is 2. The fourth-order valence-corrected chi connectivity index (χ4v) is 3.16. The van der Waals surface area contributed by atoms with Crippen LogP contribution in [0.25, 0.3) is 11.1 Å². The SMILES string of the molecule is CN=C(NCCOc1ccccc1-c1ccccc1)NCCN1CCOCC1. The van der Waals surface area contributed by atoms with E-state index in [4.69, 9.17) is 9.47 Å². The molecule has 28 heavy (non-hydrogen) atoms. The minimum Gasteiger partial charge on any atom is -0.491 e. The maximum atomic E-state index is 6.02. The van der Waals surface area contributed by atoms with Gasteiger partial charge in [0.05, 0.1) is 19.8 Å². The van der Waals surface area contributed by atoms with Gasteiger partial charge in [0.2, 0.25) is 0 Å². The summed E-state index contributed by atoms with van der Waals surface area (Å²) in [6, 6.07) is 18.4. The number of rotatable bonds is 8. The predicted molar refractivity (Wildman–Crippen MR) is 114 cm³/mol. The van der Waals surface area contributed by atoms with E-state index in [1.165, 1.54) is 0 Å². The van der Waals surface area contributed by atoms with E-state index in [9.17, 15) is 0 Å². The van der Waals surface area contributed by atoms with Crippen molar-refractivity contribution in [3.05, 3.63) is 54.6 Å². The zero-order valence-corrected chi connectivity index (χ0v) is 16.6. The van der Waals surface area contributed by atoms with Crippen molar-refractivity contribution in [3.63, 3.8) is 0 Å². The van der Waals surface area contributed by atoms with Crippen molar-refractivity contribution >= 4 is 5.96 Å². The van der Waals surface area contributed by atoms with E-state index >= 15 is 0 Å². The third-order valence-corrected chi connectivity index (χ3v) is 4.67. The molecule has 0 spiro atoms. The van der Waals surface area contributed by atoms with Crippen LogP contribution in [0.1, 0.15) is 0 Å². The third kappa shape index (κ3) is 6.25. The zero-order valence-electron chi connectivity index (χ0n) is 16.6. The molecule has 0 aromatic heterocycles. The molecule has 6 nitrogen and oxygen atoms in total. The van der Waals surface area contributed by atoms with Crippen LogP contribution in [0.5, 0.6) is 5.75 Å². The Hall–Kier alpha value is -2.57. The molecule has 1 heterocycles. The molecule has 2 aromatic carbocycles. The van der Waals surface area contributed by atoms with Crippen molar-refractivity contribution < 1.29 is 9.47 Å². The van der Waals surface area contributed by atoms with Gasteiger partial charge in [-0.25, -0.2) is 0 Å². The van der Waals surface area contributed by atoms with Gasteiger partial charge in [0, 0.05) is 38.8 Å². The minimum atomic E-state index is 0.564. The van der Waals surface area contributed by atoms with E-state index in [1.807, 2.05) is 36.4 Å². The highest BCUT2D eigenvalue weighted by atomic mass is 16.5. The molecule has 1 fully saturated rings. The smallest absolute Gasteiger partial charge is 0.191 e. The van der Waals surface area contributed by atoms with Crippen LogP contribution in [-0.2, 0) is 4.74 Å². The number of para-hydroxylation sites is 1. The van der Waals surface area contributed by atoms with Crippen LogP contribution in [0.2, 0.25) is 0 Å². The molecule has 1 aliphatic heterocycles. The summed E-state index contributed by atoms with van der Waals surface area (Å²) in [7, 11) is 1.79. The van der Waals surface area contributed by atoms with E-state index in [1.54, 1.807) is 7.05 Å². The Kier molecular flexibility index (Phi) is 8.15. The first-order valence-corrected chi connectivity index (χ1v) is 9.88. The summed E-state index contributed by atoms with van der Waals surface area (Å²) in [6.45, 7) is 6.75. The monoisotopic (exact) mass is 382 g/mol. The van der Waals surface area contributed by atoms with Gasteiger partial charge >= 0.3 is 0 Å². The highest BCUT2D eigenvalue weighted by Gasteiger charge is 2.09. The van der Waals surface area contributed by atoms with Gasteiger partial charge in [-0.1, -0.05) is 48.5 Å². The average Bonchev–Trinajstić information content (AvgIpc) is 2.77. The number of morpholine rings is 1. The number of nitrogens with one attached hydrogen (secondary N) is 2. The molecule has 0 aliphatic carbocycles. The molecule has 3 rings (SSSR count). The van der Waals surface area contributed by atoms with E-state index in [0.29, 0.717) is 13.2 Å². The first kappa shape index (κ1) is 20.2. The van der Waals surface area contributed by atoms with Gasteiger partial charge in [-0.2, -0.15) is 0 Å². The average molecular weight is 383 g/mol. The Balaban J connectivity index is 1.40. The summed E-state index contributed by atoms with van der Waals surface area (Å²) in [4.78, 5) is 6.67. The van der Waals surface area contributed by atoms with Crippen molar-refractivity contribution in [2.24, 2.45) is 4.99 Å². The van der Waals surface area contributed by atoms with Gasteiger partial charge in [-0.15, -0.1) is 0 Å². The van der Waals surface area contributed by atoms with Gasteiger partial charge in [0.25, 0.3) is 0 Å². The van der Waals surface area contributed by atoms with Crippen molar-refractivity contribution in [1.29, 1.82) is 0 Å². The topological polar surface area (TPSA) is 58.1 Å². The van der Waals surface area contributed by atoms with Crippen LogP contribution in [0.4, 0.5) is 0 Å². The van der Waals surface area contributed by atoms with E-state index < -0.39 is 0 Å². The molecule has 0 bridgehead atoms. The van der Waals surface area contributed by atoms with Crippen LogP contribution < -0.4 is 15.4 Å². The van der Waals surface area contributed by atoms with Crippen LogP contribution in [0, 0.1) is 0 Å². The number of hydrogen-bond donors (Lipinski definition) is 2. The largest absolute Gasteiger partial charge is 0.491 e. The van der Waals surface area contributed by atoms with E-state index in [2.05, 4.69) is 38.7 Å². The van der Waals surface area contributed by atoms with Gasteiger partial charge in [-0.3, -0.25) is 9.89 Å². The molecule has 1 aliphatic rings. The summed E-state index contributed by atoms with van der Waals surface area (Å²) in [5.74, 6) is 1.69. The van der Waals surface area contributed by atoms with Crippen LogP contribution in [0.3, 0.4) is 0 Å². The van der Waals surface area contributed by atoms with E-state index in [0.717, 1.165) is 62.2 Å². The lowest BCUT2D eigenvalue weighted by Gasteiger charge is -2.26. The molecule has 0 saturated carbocycles. The lowest BCUT2D eigenvalue weighted by atomic mass is 10.1. The Labute approximate surface area is 167 Å². The third-order valence-electron chi connectivity index (χ3n) is 4.67. The molecule has 0 amide bonds. The van der Waals surface area contributed by atoms with Gasteiger partial charge < -0.3 is 20.1 Å². The number of guanidine groups is 1. The van der Waals surface area contributed by atoms with Crippen molar-refractivity contribution in [3.8, 4) is 16.9 Å². The fraction of sp³-hybridized carbons (Fsp3) is 0.409. The molecular formula is C22H30N4O2. The molecule has 150 valence electrons. The van der Waals surface area contributed by atoms with Gasteiger partial charge in [0.15, 0.2) is 5.96 Å². The summed E-state index contributed by atoms with van der Waals surface area (Å²) < 4.78 is 11.4. The van der Waals surface area contributed by atoms with Crippen molar-refractivity contribution in [2.45, 2.75) is 0 Å². The van der Waals surface area contributed by atoms with Crippen molar-refractivity contribution in [2.75, 3.05) is 59.6 Å². The van der Waals surface area contributed by atoms with Crippen LogP contribution in [-0.4, -0.2) is 70.5 Å². The Morgan fingerprint density at radius 3 is 2.50 bits per heavy atom. The first-order chi connectivity index (χ1) is 13.9. The highest BCUT2D eigenvalue weighted by Crippen LogP contribution is 2.29. The second kappa shape index (κ2) is 11.3. The lowest BCUT2D eigenvalue weighted by Crippen LogP contribution is -2.45. The number of aliphatic imine (C=N–C) groups is 1.